The number of thiazole rings is 1. The van der Waals surface area contributed by atoms with Gasteiger partial charge in [0.2, 0.25) is 5.91 Å². The summed E-state index contributed by atoms with van der Waals surface area (Å²) < 4.78 is 5.70. The maximum Gasteiger partial charge on any atom is 0.293 e. The number of furan rings is 1. The van der Waals surface area contributed by atoms with Gasteiger partial charge < -0.3 is 9.73 Å². The average molecular weight is 474 g/mol. The number of rotatable bonds is 8. The number of hydrogen-bond acceptors (Lipinski definition) is 6. The highest BCUT2D eigenvalue weighted by Gasteiger charge is 2.15. The fraction of sp³-hybridized carbons (Fsp3) is 0.154. The van der Waals surface area contributed by atoms with Crippen LogP contribution in [-0.4, -0.2) is 22.6 Å². The van der Waals surface area contributed by atoms with E-state index in [0.29, 0.717) is 22.9 Å². The zero-order chi connectivity index (χ0) is 24.1. The van der Waals surface area contributed by atoms with Gasteiger partial charge in [-0.1, -0.05) is 43.3 Å². The number of nitrogens with zero attached hydrogens (tertiary/aromatic N) is 1. The molecule has 4 rings (SSSR count). The molecule has 0 bridgehead atoms. The van der Waals surface area contributed by atoms with E-state index in [1.54, 1.807) is 36.4 Å². The minimum Gasteiger partial charge on any atom is -0.451 e. The summed E-state index contributed by atoms with van der Waals surface area (Å²) in [6, 6.07) is 17.7. The van der Waals surface area contributed by atoms with Gasteiger partial charge in [0.25, 0.3) is 5.91 Å². The first-order chi connectivity index (χ1) is 16.4. The Kier molecular flexibility index (Phi) is 6.98. The molecule has 0 aliphatic rings. The highest BCUT2D eigenvalue weighted by atomic mass is 32.1. The van der Waals surface area contributed by atoms with Gasteiger partial charge in [-0.25, -0.2) is 4.98 Å². The van der Waals surface area contributed by atoms with E-state index in [9.17, 15) is 14.4 Å². The second kappa shape index (κ2) is 10.3. The predicted octanol–water partition coefficient (Wildman–Crippen LogP) is 6.26. The van der Waals surface area contributed by atoms with Crippen LogP contribution in [0.2, 0.25) is 0 Å². The van der Waals surface area contributed by atoms with Crippen LogP contribution >= 0.6 is 11.3 Å². The minimum atomic E-state index is -0.401. The molecule has 2 heterocycles. The second-order valence-corrected chi connectivity index (χ2v) is 8.52. The van der Waals surface area contributed by atoms with Crippen LogP contribution < -0.4 is 10.6 Å². The summed E-state index contributed by atoms with van der Waals surface area (Å²) in [7, 11) is 0. The van der Waals surface area contributed by atoms with E-state index in [4.69, 9.17) is 4.42 Å². The minimum absolute atomic E-state index is 0.0106. The van der Waals surface area contributed by atoms with Crippen molar-refractivity contribution in [2.24, 2.45) is 0 Å². The molecule has 2 aromatic carbocycles. The maximum atomic E-state index is 12.6. The van der Waals surface area contributed by atoms with Crippen molar-refractivity contribution in [3.8, 4) is 22.6 Å². The van der Waals surface area contributed by atoms with Crippen LogP contribution in [0.3, 0.4) is 0 Å². The van der Waals surface area contributed by atoms with Gasteiger partial charge in [0.15, 0.2) is 16.7 Å². The van der Waals surface area contributed by atoms with Gasteiger partial charge in [-0.3, -0.25) is 19.7 Å². The number of benzene rings is 2. The van der Waals surface area contributed by atoms with Crippen LogP contribution in [-0.2, 0) is 4.79 Å². The van der Waals surface area contributed by atoms with Crippen LogP contribution in [0, 0.1) is 0 Å². The van der Waals surface area contributed by atoms with Gasteiger partial charge in [-0.2, -0.15) is 0 Å². The number of Topliss-reactive ketones (excluding diaryl/α,β-unsaturated/α-hetero) is 1. The Bertz CT molecular complexity index is 1320. The van der Waals surface area contributed by atoms with Crippen LogP contribution in [0.1, 0.15) is 47.6 Å². The molecule has 34 heavy (non-hydrogen) atoms. The third-order valence-electron chi connectivity index (χ3n) is 5.07. The SMILES string of the molecule is CCCC(=O)Nc1ccc(-c2csc(NC(=O)c3ccc(-c4ccc(C(C)=O)cc4)o3)n2)cc1. The van der Waals surface area contributed by atoms with Crippen molar-refractivity contribution in [3.63, 3.8) is 0 Å². The van der Waals surface area contributed by atoms with Crippen LogP contribution in [0.4, 0.5) is 10.8 Å². The molecule has 0 saturated heterocycles. The number of carbonyl (C=O) groups is 3. The predicted molar refractivity (Wildman–Crippen MR) is 133 cm³/mol. The van der Waals surface area contributed by atoms with E-state index in [1.165, 1.54) is 18.3 Å². The summed E-state index contributed by atoms with van der Waals surface area (Å²) in [5.74, 6) is 0.272. The summed E-state index contributed by atoms with van der Waals surface area (Å²) in [5.41, 5.74) is 3.71. The van der Waals surface area contributed by atoms with E-state index in [0.717, 1.165) is 28.9 Å². The number of ketones is 1. The lowest BCUT2D eigenvalue weighted by Gasteiger charge is -2.05. The third kappa shape index (κ3) is 5.47. The zero-order valence-electron chi connectivity index (χ0n) is 18.8. The average Bonchev–Trinajstić information content (AvgIpc) is 3.50. The number of nitrogens with one attached hydrogen (secondary N) is 2. The van der Waals surface area contributed by atoms with Gasteiger partial charge in [-0.15, -0.1) is 11.3 Å². The van der Waals surface area contributed by atoms with Crippen LogP contribution in [0.15, 0.2) is 70.5 Å². The molecule has 0 unspecified atom stereocenters. The smallest absolute Gasteiger partial charge is 0.293 e. The van der Waals surface area contributed by atoms with Crippen LogP contribution in [0.25, 0.3) is 22.6 Å². The fourth-order valence-electron chi connectivity index (χ4n) is 3.28. The molecule has 2 aromatic heterocycles. The molecule has 0 aliphatic heterocycles. The van der Waals surface area contributed by atoms with E-state index in [-0.39, 0.29) is 17.5 Å². The first-order valence-corrected chi connectivity index (χ1v) is 11.7. The van der Waals surface area contributed by atoms with Crippen molar-refractivity contribution < 1.29 is 18.8 Å². The molecule has 8 heteroatoms. The molecule has 2 N–H and O–H groups in total. The Morgan fingerprint density at radius 2 is 1.62 bits per heavy atom. The lowest BCUT2D eigenvalue weighted by molar-refractivity contribution is -0.116. The van der Waals surface area contributed by atoms with Gasteiger partial charge in [0.1, 0.15) is 5.76 Å². The molecule has 0 spiro atoms. The molecule has 0 aliphatic carbocycles. The lowest BCUT2D eigenvalue weighted by Crippen LogP contribution is -2.10. The molecule has 4 aromatic rings. The quantitative estimate of drug-likeness (QED) is 0.294. The van der Waals surface area contributed by atoms with Crippen molar-refractivity contribution in [3.05, 3.63) is 77.4 Å². The van der Waals surface area contributed by atoms with Crippen molar-refractivity contribution in [1.82, 2.24) is 4.98 Å². The summed E-state index contributed by atoms with van der Waals surface area (Å²) in [5, 5.41) is 7.91. The molecule has 2 amide bonds. The largest absolute Gasteiger partial charge is 0.451 e. The van der Waals surface area contributed by atoms with E-state index in [1.807, 2.05) is 36.6 Å². The summed E-state index contributed by atoms with van der Waals surface area (Å²) >= 11 is 1.31. The Hall–Kier alpha value is -4.04. The molecule has 172 valence electrons. The van der Waals surface area contributed by atoms with E-state index >= 15 is 0 Å². The van der Waals surface area contributed by atoms with Crippen molar-refractivity contribution in [1.29, 1.82) is 0 Å². The van der Waals surface area contributed by atoms with Crippen LogP contribution in [0.5, 0.6) is 0 Å². The Morgan fingerprint density at radius 3 is 2.29 bits per heavy atom. The molecule has 0 saturated carbocycles. The molecular weight excluding hydrogens is 450 g/mol. The van der Waals surface area contributed by atoms with Gasteiger partial charge in [0, 0.05) is 34.2 Å². The molecule has 0 radical (unpaired) electrons. The second-order valence-electron chi connectivity index (χ2n) is 7.66. The van der Waals surface area contributed by atoms with Gasteiger partial charge in [0.05, 0.1) is 5.69 Å². The summed E-state index contributed by atoms with van der Waals surface area (Å²) in [6.07, 6.45) is 1.28. The van der Waals surface area contributed by atoms with Crippen molar-refractivity contribution in [2.45, 2.75) is 26.7 Å². The highest BCUT2D eigenvalue weighted by molar-refractivity contribution is 7.14. The standard InChI is InChI=1S/C26H23N3O4S/c1-3-4-24(31)27-20-11-9-18(10-12-20)21-15-34-26(28-21)29-25(32)23-14-13-22(33-23)19-7-5-17(6-8-19)16(2)30/h5-15H,3-4H2,1-2H3,(H,27,31)(H,28,29,32). The zero-order valence-corrected chi connectivity index (χ0v) is 19.6. The molecule has 7 nitrogen and oxygen atoms in total. The van der Waals surface area contributed by atoms with Crippen molar-refractivity contribution in [2.75, 3.05) is 10.6 Å². The molecular formula is C26H23N3O4S. The highest BCUT2D eigenvalue weighted by Crippen LogP contribution is 2.27. The van der Waals surface area contributed by atoms with E-state index < -0.39 is 5.91 Å². The molecule has 0 fully saturated rings. The van der Waals surface area contributed by atoms with Crippen molar-refractivity contribution >= 4 is 39.8 Å². The lowest BCUT2D eigenvalue weighted by atomic mass is 10.1. The van der Waals surface area contributed by atoms with Gasteiger partial charge in [-0.05, 0) is 37.6 Å². The normalized spacial score (nSPS) is 10.6. The summed E-state index contributed by atoms with van der Waals surface area (Å²) in [6.45, 7) is 3.47. The first kappa shape index (κ1) is 23.1. The Morgan fingerprint density at radius 1 is 0.912 bits per heavy atom. The van der Waals surface area contributed by atoms with Gasteiger partial charge >= 0.3 is 0 Å². The third-order valence-corrected chi connectivity index (χ3v) is 5.83. The molecule has 0 atom stereocenters. The number of aromatic nitrogens is 1. The monoisotopic (exact) mass is 473 g/mol. The first-order valence-electron chi connectivity index (χ1n) is 10.8. The Balaban J connectivity index is 1.40. The number of carbonyl (C=O) groups excluding carboxylic acids is 3. The summed E-state index contributed by atoms with van der Waals surface area (Å²) in [4.78, 5) is 40.3. The topological polar surface area (TPSA) is 101 Å². The van der Waals surface area contributed by atoms with E-state index in [2.05, 4.69) is 15.6 Å². The Labute approximate surface area is 200 Å². The maximum absolute atomic E-state index is 12.6. The number of hydrogen-bond donors (Lipinski definition) is 2. The number of anilines is 2. The number of amides is 2. The fourth-order valence-corrected chi connectivity index (χ4v) is 4.00.